The minimum Gasteiger partial charge on any atom is -0.444 e. The number of hydrogen-bond donors (Lipinski definition) is 2. The maximum absolute atomic E-state index is 13.2. The summed E-state index contributed by atoms with van der Waals surface area (Å²) in [6.45, 7) is 3.97. The number of anilines is 2. The number of nitrogens with zero attached hydrogens (tertiary/aromatic N) is 1. The highest BCUT2D eigenvalue weighted by Gasteiger charge is 2.21. The second-order valence-electron chi connectivity index (χ2n) is 9.56. The minimum atomic E-state index is -0.513. The van der Waals surface area contributed by atoms with Crippen molar-refractivity contribution in [3.63, 3.8) is 0 Å². The molecule has 190 valence electrons. The molecule has 0 spiro atoms. The van der Waals surface area contributed by atoms with E-state index >= 15 is 0 Å². The molecule has 1 aliphatic heterocycles. The summed E-state index contributed by atoms with van der Waals surface area (Å²) in [5.74, 6) is 0.369. The van der Waals surface area contributed by atoms with Gasteiger partial charge in [-0.1, -0.05) is 55.5 Å². The smallest absolute Gasteiger partial charge is 0.411 e. The predicted octanol–water partition coefficient (Wildman–Crippen LogP) is 6.35. The lowest BCUT2D eigenvalue weighted by Crippen LogP contribution is -2.34. The van der Waals surface area contributed by atoms with Crippen LogP contribution in [0.5, 0.6) is 0 Å². The number of carbonyl (C=O) groups excluding carboxylic acids is 1. The van der Waals surface area contributed by atoms with Crippen molar-refractivity contribution in [3.8, 4) is 0 Å². The molecule has 1 amide bonds. The third kappa shape index (κ3) is 7.31. The molecular formula is C30H35FN2O3. The van der Waals surface area contributed by atoms with Gasteiger partial charge >= 0.3 is 6.09 Å². The van der Waals surface area contributed by atoms with Gasteiger partial charge in [-0.25, -0.2) is 9.18 Å². The summed E-state index contributed by atoms with van der Waals surface area (Å²) in [5, 5.41) is 13.1. The summed E-state index contributed by atoms with van der Waals surface area (Å²) in [7, 11) is 0. The van der Waals surface area contributed by atoms with Gasteiger partial charge in [0, 0.05) is 30.9 Å². The molecule has 1 heterocycles. The number of carbonyl (C=O) groups is 1. The van der Waals surface area contributed by atoms with E-state index in [1.165, 1.54) is 17.7 Å². The lowest BCUT2D eigenvalue weighted by atomic mass is 9.90. The molecule has 1 aliphatic rings. The van der Waals surface area contributed by atoms with E-state index in [4.69, 9.17) is 4.74 Å². The number of rotatable bonds is 9. The van der Waals surface area contributed by atoms with E-state index in [0.717, 1.165) is 49.2 Å². The Morgan fingerprint density at radius 2 is 1.78 bits per heavy atom. The Hall–Kier alpha value is -3.38. The first-order valence-electron chi connectivity index (χ1n) is 12.8. The van der Waals surface area contributed by atoms with Gasteiger partial charge in [0.15, 0.2) is 0 Å². The minimum absolute atomic E-state index is 0.195. The molecule has 1 unspecified atom stereocenters. The lowest BCUT2D eigenvalue weighted by molar-refractivity contribution is 0.154. The Morgan fingerprint density at radius 1 is 1.06 bits per heavy atom. The number of piperidine rings is 1. The van der Waals surface area contributed by atoms with Crippen LogP contribution in [-0.2, 0) is 24.2 Å². The highest BCUT2D eigenvalue weighted by molar-refractivity contribution is 5.86. The van der Waals surface area contributed by atoms with Gasteiger partial charge in [0.05, 0.1) is 6.10 Å². The molecular weight excluding hydrogens is 455 g/mol. The molecule has 0 bridgehead atoms. The third-order valence-electron chi connectivity index (χ3n) is 6.89. The molecule has 2 N–H and O–H groups in total. The molecule has 0 radical (unpaired) electrons. The monoisotopic (exact) mass is 490 g/mol. The summed E-state index contributed by atoms with van der Waals surface area (Å²) in [6.07, 6.45) is 3.18. The van der Waals surface area contributed by atoms with E-state index in [1.54, 1.807) is 0 Å². The van der Waals surface area contributed by atoms with Gasteiger partial charge < -0.3 is 14.7 Å². The summed E-state index contributed by atoms with van der Waals surface area (Å²) >= 11 is 0. The van der Waals surface area contributed by atoms with Crippen LogP contribution < -0.4 is 10.2 Å². The molecule has 1 saturated heterocycles. The molecule has 4 rings (SSSR count). The normalized spacial score (nSPS) is 14.9. The van der Waals surface area contributed by atoms with Gasteiger partial charge in [0.2, 0.25) is 0 Å². The quantitative estimate of drug-likeness (QED) is 0.367. The Bertz CT molecular complexity index is 1110. The Balaban J connectivity index is 1.40. The number of ether oxygens (including phenoxy) is 1. The van der Waals surface area contributed by atoms with Crippen LogP contribution in [0.15, 0.2) is 72.8 Å². The van der Waals surface area contributed by atoms with Crippen molar-refractivity contribution in [1.29, 1.82) is 0 Å². The number of halogens is 1. The molecule has 0 aliphatic carbocycles. The molecule has 3 aromatic rings. The zero-order valence-corrected chi connectivity index (χ0v) is 20.8. The zero-order chi connectivity index (χ0) is 25.3. The van der Waals surface area contributed by atoms with Crippen LogP contribution in [-0.4, -0.2) is 30.4 Å². The summed E-state index contributed by atoms with van der Waals surface area (Å²) in [4.78, 5) is 14.9. The molecule has 36 heavy (non-hydrogen) atoms. The highest BCUT2D eigenvalue weighted by atomic mass is 19.1. The average molecular weight is 491 g/mol. The van der Waals surface area contributed by atoms with Crippen LogP contribution in [0.3, 0.4) is 0 Å². The van der Waals surface area contributed by atoms with Crippen molar-refractivity contribution >= 4 is 17.5 Å². The number of hydrogen-bond acceptors (Lipinski definition) is 4. The molecule has 0 aromatic heterocycles. The highest BCUT2D eigenvalue weighted by Crippen LogP contribution is 2.30. The van der Waals surface area contributed by atoms with Gasteiger partial charge in [-0.15, -0.1) is 0 Å². The fourth-order valence-electron chi connectivity index (χ4n) is 4.67. The molecule has 0 saturated carbocycles. The first-order valence-corrected chi connectivity index (χ1v) is 12.8. The van der Waals surface area contributed by atoms with Gasteiger partial charge in [0.25, 0.3) is 0 Å². The average Bonchev–Trinajstić information content (AvgIpc) is 2.91. The fourth-order valence-corrected chi connectivity index (χ4v) is 4.67. The van der Waals surface area contributed by atoms with E-state index in [2.05, 4.69) is 16.3 Å². The second-order valence-corrected chi connectivity index (χ2v) is 9.56. The van der Waals surface area contributed by atoms with E-state index in [9.17, 15) is 14.3 Å². The number of nitrogens with one attached hydrogen (secondary N) is 1. The van der Waals surface area contributed by atoms with Crippen LogP contribution in [0.25, 0.3) is 0 Å². The van der Waals surface area contributed by atoms with E-state index in [0.29, 0.717) is 24.4 Å². The third-order valence-corrected chi connectivity index (χ3v) is 6.89. The molecule has 1 fully saturated rings. The first-order chi connectivity index (χ1) is 17.5. The van der Waals surface area contributed by atoms with Crippen LogP contribution in [0.4, 0.5) is 20.6 Å². The maximum Gasteiger partial charge on any atom is 0.411 e. The van der Waals surface area contributed by atoms with Crippen molar-refractivity contribution in [2.45, 2.75) is 51.7 Å². The predicted molar refractivity (Wildman–Crippen MR) is 142 cm³/mol. The van der Waals surface area contributed by atoms with Crippen molar-refractivity contribution in [2.24, 2.45) is 5.92 Å². The molecule has 1 atom stereocenters. The van der Waals surface area contributed by atoms with E-state index in [1.807, 2.05) is 61.5 Å². The maximum atomic E-state index is 13.2. The van der Waals surface area contributed by atoms with Gasteiger partial charge in [-0.3, -0.25) is 5.32 Å². The molecule has 6 heteroatoms. The standard InChI is InChI=1S/C30H35FN2O3/c1-2-28(34)19-25-10-13-27(20-29(25)32-30(35)36-21-24-6-4-3-5-7-24)33-16-14-23(15-17-33)18-22-8-11-26(31)12-9-22/h3-13,20,23,28,34H,2,14-19,21H2,1H3,(H,32,35). The summed E-state index contributed by atoms with van der Waals surface area (Å²) in [5.41, 5.74) is 4.70. The molecule has 5 nitrogen and oxygen atoms in total. The Morgan fingerprint density at radius 3 is 2.47 bits per heavy atom. The topological polar surface area (TPSA) is 61.8 Å². The van der Waals surface area contributed by atoms with Crippen molar-refractivity contribution in [1.82, 2.24) is 0 Å². The molecule has 3 aromatic carbocycles. The zero-order valence-electron chi connectivity index (χ0n) is 20.8. The van der Waals surface area contributed by atoms with Crippen LogP contribution >= 0.6 is 0 Å². The largest absolute Gasteiger partial charge is 0.444 e. The van der Waals surface area contributed by atoms with E-state index in [-0.39, 0.29) is 12.4 Å². The van der Waals surface area contributed by atoms with Crippen molar-refractivity contribution < 1.29 is 19.0 Å². The van der Waals surface area contributed by atoms with Crippen LogP contribution in [0, 0.1) is 11.7 Å². The van der Waals surface area contributed by atoms with Gasteiger partial charge in [-0.2, -0.15) is 0 Å². The van der Waals surface area contributed by atoms with Crippen LogP contribution in [0.1, 0.15) is 42.9 Å². The number of aliphatic hydroxyl groups excluding tert-OH is 1. The van der Waals surface area contributed by atoms with Crippen molar-refractivity contribution in [3.05, 3.63) is 95.3 Å². The Labute approximate surface area is 212 Å². The number of amides is 1. The Kier molecular flexibility index (Phi) is 8.95. The van der Waals surface area contributed by atoms with Gasteiger partial charge in [-0.05, 0) is 72.6 Å². The number of benzene rings is 3. The fraction of sp³-hybridized carbons (Fsp3) is 0.367. The second kappa shape index (κ2) is 12.5. The van der Waals surface area contributed by atoms with Gasteiger partial charge in [0.1, 0.15) is 12.4 Å². The first kappa shape index (κ1) is 25.7. The van der Waals surface area contributed by atoms with Crippen LogP contribution in [0.2, 0.25) is 0 Å². The number of aliphatic hydroxyl groups is 1. The lowest BCUT2D eigenvalue weighted by Gasteiger charge is -2.34. The van der Waals surface area contributed by atoms with Crippen molar-refractivity contribution in [2.75, 3.05) is 23.3 Å². The summed E-state index contributed by atoms with van der Waals surface area (Å²) in [6, 6.07) is 22.4. The summed E-state index contributed by atoms with van der Waals surface area (Å²) < 4.78 is 18.6. The van der Waals surface area contributed by atoms with E-state index < -0.39 is 12.2 Å². The SMILES string of the molecule is CCC(O)Cc1ccc(N2CCC(Cc3ccc(F)cc3)CC2)cc1NC(=O)OCc1ccccc1.